The largest absolute Gasteiger partial charge is 0.463 e. The standard InChI is InChI=1S/C24H35N3O6S/c1-4-9-19(29)33-14-17(28)12-27(16-10-7-6-8-11-16)13-18-25-22(30)20-15(3)21(24(31)32-5-2)34-23(20)26-18/h16-17,28H,4-14H2,1-3H3,(H,25,26,30)/t17-/m0/s1. The first-order chi connectivity index (χ1) is 16.3. The third-order valence-corrected chi connectivity index (χ3v) is 7.26. The number of H-pyrrole nitrogens is 1. The molecule has 0 radical (unpaired) electrons. The number of nitrogens with zero attached hydrogens (tertiary/aromatic N) is 2. The second-order valence-corrected chi connectivity index (χ2v) is 9.78. The third-order valence-electron chi connectivity index (χ3n) is 6.09. The van der Waals surface area contributed by atoms with E-state index in [4.69, 9.17) is 9.47 Å². The van der Waals surface area contributed by atoms with E-state index in [1.54, 1.807) is 13.8 Å². The van der Waals surface area contributed by atoms with Gasteiger partial charge in [-0.3, -0.25) is 14.5 Å². The molecule has 2 aromatic heterocycles. The number of aliphatic hydroxyl groups excluding tert-OH is 1. The molecule has 0 aromatic carbocycles. The highest BCUT2D eigenvalue weighted by atomic mass is 32.1. The lowest BCUT2D eigenvalue weighted by atomic mass is 9.94. The van der Waals surface area contributed by atoms with Gasteiger partial charge in [0.1, 0.15) is 28.2 Å². The molecule has 0 aliphatic heterocycles. The molecule has 2 heterocycles. The predicted octanol–water partition coefficient (Wildman–Crippen LogP) is 3.31. The Balaban J connectivity index is 1.80. The normalized spacial score (nSPS) is 15.6. The number of ether oxygens (including phenoxy) is 2. The molecule has 2 aromatic rings. The van der Waals surface area contributed by atoms with Gasteiger partial charge in [-0.2, -0.15) is 0 Å². The summed E-state index contributed by atoms with van der Waals surface area (Å²) in [4.78, 5) is 47.3. The summed E-state index contributed by atoms with van der Waals surface area (Å²) in [5.41, 5.74) is 0.286. The van der Waals surface area contributed by atoms with Crippen LogP contribution in [0.25, 0.3) is 10.2 Å². The fraction of sp³-hybridized carbons (Fsp3) is 0.667. The van der Waals surface area contributed by atoms with Crippen molar-refractivity contribution in [3.63, 3.8) is 0 Å². The van der Waals surface area contributed by atoms with Crippen LogP contribution in [0.5, 0.6) is 0 Å². The van der Waals surface area contributed by atoms with Crippen LogP contribution in [0.2, 0.25) is 0 Å². The maximum absolute atomic E-state index is 12.9. The monoisotopic (exact) mass is 493 g/mol. The molecule has 1 fully saturated rings. The Morgan fingerprint density at radius 3 is 2.65 bits per heavy atom. The highest BCUT2D eigenvalue weighted by Gasteiger charge is 2.26. The maximum atomic E-state index is 12.9. The topological polar surface area (TPSA) is 122 Å². The van der Waals surface area contributed by atoms with E-state index < -0.39 is 12.1 Å². The van der Waals surface area contributed by atoms with Crippen molar-refractivity contribution >= 4 is 33.5 Å². The number of aromatic nitrogens is 2. The zero-order valence-corrected chi connectivity index (χ0v) is 21.0. The first kappa shape index (κ1) is 26.3. The van der Waals surface area contributed by atoms with E-state index in [0.29, 0.717) is 52.4 Å². The molecule has 34 heavy (non-hydrogen) atoms. The van der Waals surface area contributed by atoms with Crippen molar-refractivity contribution in [2.45, 2.75) is 84.4 Å². The number of esters is 2. The zero-order valence-electron chi connectivity index (χ0n) is 20.2. The highest BCUT2D eigenvalue weighted by molar-refractivity contribution is 7.20. The number of carbonyl (C=O) groups excluding carboxylic acids is 2. The minimum atomic E-state index is -0.836. The van der Waals surface area contributed by atoms with Crippen LogP contribution >= 0.6 is 11.3 Å². The summed E-state index contributed by atoms with van der Waals surface area (Å²) in [5.74, 6) is -0.281. The number of carbonyl (C=O) groups is 2. The van der Waals surface area contributed by atoms with Gasteiger partial charge in [-0.05, 0) is 38.7 Å². The summed E-state index contributed by atoms with van der Waals surface area (Å²) in [6.07, 6.45) is 5.60. The molecule has 1 aliphatic rings. The predicted molar refractivity (Wildman–Crippen MR) is 130 cm³/mol. The van der Waals surface area contributed by atoms with E-state index in [0.717, 1.165) is 37.0 Å². The molecule has 3 rings (SSSR count). The average Bonchev–Trinajstić information content (AvgIpc) is 3.15. The van der Waals surface area contributed by atoms with Crippen LogP contribution < -0.4 is 5.56 Å². The van der Waals surface area contributed by atoms with Crippen molar-refractivity contribution in [3.8, 4) is 0 Å². The first-order valence-corrected chi connectivity index (χ1v) is 12.9. The number of nitrogens with one attached hydrogen (secondary N) is 1. The second-order valence-electron chi connectivity index (χ2n) is 8.78. The van der Waals surface area contributed by atoms with Crippen LogP contribution in [-0.2, 0) is 20.8 Å². The van der Waals surface area contributed by atoms with Crippen molar-refractivity contribution in [1.29, 1.82) is 0 Å². The molecule has 0 saturated heterocycles. The van der Waals surface area contributed by atoms with Gasteiger partial charge in [0.2, 0.25) is 0 Å². The van der Waals surface area contributed by atoms with Crippen molar-refractivity contribution in [2.24, 2.45) is 0 Å². The molecule has 10 heteroatoms. The average molecular weight is 494 g/mol. The Morgan fingerprint density at radius 1 is 1.24 bits per heavy atom. The molecule has 188 valence electrons. The van der Waals surface area contributed by atoms with E-state index in [9.17, 15) is 19.5 Å². The van der Waals surface area contributed by atoms with Gasteiger partial charge in [-0.25, -0.2) is 9.78 Å². The van der Waals surface area contributed by atoms with Gasteiger partial charge in [0.15, 0.2) is 0 Å². The fourth-order valence-corrected chi connectivity index (χ4v) is 5.52. The summed E-state index contributed by atoms with van der Waals surface area (Å²) in [5, 5.41) is 11.0. The molecule has 1 atom stereocenters. The number of aliphatic hydroxyl groups is 1. The summed E-state index contributed by atoms with van der Waals surface area (Å²) >= 11 is 1.16. The number of rotatable bonds is 11. The number of hydrogen-bond donors (Lipinski definition) is 2. The molecule has 1 saturated carbocycles. The first-order valence-electron chi connectivity index (χ1n) is 12.1. The van der Waals surface area contributed by atoms with E-state index in [1.165, 1.54) is 6.42 Å². The van der Waals surface area contributed by atoms with E-state index in [1.807, 2.05) is 6.92 Å². The third kappa shape index (κ3) is 6.64. The Bertz CT molecular complexity index is 1040. The lowest BCUT2D eigenvalue weighted by Crippen LogP contribution is -2.43. The van der Waals surface area contributed by atoms with Gasteiger partial charge in [0.25, 0.3) is 5.56 Å². The summed E-state index contributed by atoms with van der Waals surface area (Å²) in [6.45, 7) is 6.23. The molecular weight excluding hydrogens is 458 g/mol. The molecule has 2 N–H and O–H groups in total. The molecule has 0 unspecified atom stereocenters. The van der Waals surface area contributed by atoms with Gasteiger partial charge >= 0.3 is 11.9 Å². The van der Waals surface area contributed by atoms with Crippen LogP contribution in [0.3, 0.4) is 0 Å². The van der Waals surface area contributed by atoms with Gasteiger partial charge in [0, 0.05) is 19.0 Å². The Labute approximate surface area is 203 Å². The van der Waals surface area contributed by atoms with Gasteiger partial charge in [-0.15, -0.1) is 11.3 Å². The molecular formula is C24H35N3O6S. The van der Waals surface area contributed by atoms with Crippen molar-refractivity contribution in [2.75, 3.05) is 19.8 Å². The van der Waals surface area contributed by atoms with E-state index in [-0.39, 0.29) is 30.8 Å². The molecule has 0 spiro atoms. The molecule has 9 nitrogen and oxygen atoms in total. The number of hydrogen-bond acceptors (Lipinski definition) is 9. The highest BCUT2D eigenvalue weighted by Crippen LogP contribution is 2.28. The van der Waals surface area contributed by atoms with Gasteiger partial charge in [0.05, 0.1) is 18.5 Å². The Hall–Kier alpha value is -2.30. The Kier molecular flexibility index (Phi) is 9.61. The fourth-order valence-electron chi connectivity index (χ4n) is 4.42. The zero-order chi connectivity index (χ0) is 24.7. The second kappa shape index (κ2) is 12.4. The van der Waals surface area contributed by atoms with Crippen LogP contribution in [0.4, 0.5) is 0 Å². The summed E-state index contributed by atoms with van der Waals surface area (Å²) < 4.78 is 10.3. The SMILES string of the molecule is CCCC(=O)OC[C@@H](O)CN(Cc1nc2sc(C(=O)OCC)c(C)c2c(=O)[nH]1)C1CCCCC1. The minimum absolute atomic E-state index is 0.0575. The lowest BCUT2D eigenvalue weighted by Gasteiger charge is -2.35. The van der Waals surface area contributed by atoms with Gasteiger partial charge < -0.3 is 19.6 Å². The van der Waals surface area contributed by atoms with Crippen molar-refractivity contribution in [1.82, 2.24) is 14.9 Å². The summed E-state index contributed by atoms with van der Waals surface area (Å²) in [6, 6.07) is 0.246. The number of aryl methyl sites for hydroxylation is 1. The molecule has 1 aliphatic carbocycles. The molecule has 0 bridgehead atoms. The van der Waals surface area contributed by atoms with Crippen LogP contribution in [0.15, 0.2) is 4.79 Å². The number of thiophene rings is 1. The molecule has 0 amide bonds. The van der Waals surface area contributed by atoms with Crippen molar-refractivity contribution in [3.05, 3.63) is 26.6 Å². The minimum Gasteiger partial charge on any atom is -0.463 e. The Morgan fingerprint density at radius 2 is 1.97 bits per heavy atom. The van der Waals surface area contributed by atoms with E-state index in [2.05, 4.69) is 14.9 Å². The quantitative estimate of drug-likeness (QED) is 0.457. The number of aromatic amines is 1. The lowest BCUT2D eigenvalue weighted by molar-refractivity contribution is -0.147. The van der Waals surface area contributed by atoms with E-state index >= 15 is 0 Å². The van der Waals surface area contributed by atoms with Crippen LogP contribution in [-0.4, -0.2) is 63.8 Å². The maximum Gasteiger partial charge on any atom is 0.348 e. The van der Waals surface area contributed by atoms with Gasteiger partial charge in [-0.1, -0.05) is 26.2 Å². The van der Waals surface area contributed by atoms with Crippen LogP contribution in [0.1, 0.15) is 79.9 Å². The number of fused-ring (bicyclic) bond motifs is 1. The smallest absolute Gasteiger partial charge is 0.348 e. The van der Waals surface area contributed by atoms with Crippen LogP contribution in [0, 0.1) is 6.92 Å². The van der Waals surface area contributed by atoms with Crippen molar-refractivity contribution < 1.29 is 24.2 Å². The summed E-state index contributed by atoms with van der Waals surface area (Å²) in [7, 11) is 0.